The number of hydrogen-bond acceptors (Lipinski definition) is 3. The summed E-state index contributed by atoms with van der Waals surface area (Å²) < 4.78 is 0. The molecule has 21 heavy (non-hydrogen) atoms. The zero-order valence-corrected chi connectivity index (χ0v) is 12.6. The second kappa shape index (κ2) is 5.95. The summed E-state index contributed by atoms with van der Waals surface area (Å²) in [7, 11) is 0. The van der Waals surface area contributed by atoms with Gasteiger partial charge in [0.2, 0.25) is 0 Å². The smallest absolute Gasteiger partial charge is 0.260 e. The van der Waals surface area contributed by atoms with E-state index in [0.717, 1.165) is 22.6 Å². The van der Waals surface area contributed by atoms with Gasteiger partial charge >= 0.3 is 0 Å². The molecule has 0 saturated heterocycles. The van der Waals surface area contributed by atoms with Crippen LogP contribution in [0.5, 0.6) is 0 Å². The monoisotopic (exact) mass is 320 g/mol. The molecular formula is C15H13ClN2O2S. The Morgan fingerprint density at radius 2 is 2.24 bits per heavy atom. The third-order valence-electron chi connectivity index (χ3n) is 3.38. The van der Waals surface area contributed by atoms with E-state index >= 15 is 0 Å². The highest BCUT2D eigenvalue weighted by molar-refractivity contribution is 7.99. The fourth-order valence-electron chi connectivity index (χ4n) is 2.35. The van der Waals surface area contributed by atoms with E-state index < -0.39 is 0 Å². The van der Waals surface area contributed by atoms with Gasteiger partial charge in [-0.3, -0.25) is 9.59 Å². The van der Waals surface area contributed by atoms with E-state index in [9.17, 15) is 9.59 Å². The van der Waals surface area contributed by atoms with Gasteiger partial charge in [0.1, 0.15) is 5.56 Å². The lowest BCUT2D eigenvalue weighted by atomic mass is 10.0. The lowest BCUT2D eigenvalue weighted by Crippen LogP contribution is -2.34. The number of pyridine rings is 1. The molecule has 0 aliphatic carbocycles. The lowest BCUT2D eigenvalue weighted by Gasteiger charge is -2.26. The van der Waals surface area contributed by atoms with Crippen molar-refractivity contribution < 1.29 is 4.79 Å². The van der Waals surface area contributed by atoms with Crippen LogP contribution in [0, 0.1) is 0 Å². The van der Waals surface area contributed by atoms with Crippen LogP contribution in [0.2, 0.25) is 5.02 Å². The van der Waals surface area contributed by atoms with Crippen LogP contribution < -0.4 is 10.9 Å². The van der Waals surface area contributed by atoms with Gasteiger partial charge in [-0.15, -0.1) is 11.8 Å². The first-order valence-electron chi connectivity index (χ1n) is 6.56. The Kier molecular flexibility index (Phi) is 4.03. The van der Waals surface area contributed by atoms with Crippen molar-refractivity contribution in [2.75, 3.05) is 5.75 Å². The van der Waals surface area contributed by atoms with Crippen molar-refractivity contribution in [3.8, 4) is 0 Å². The third kappa shape index (κ3) is 2.99. The average molecular weight is 321 g/mol. The molecule has 0 radical (unpaired) electrons. The first kappa shape index (κ1) is 14.2. The van der Waals surface area contributed by atoms with E-state index in [-0.39, 0.29) is 23.1 Å². The summed E-state index contributed by atoms with van der Waals surface area (Å²) in [4.78, 5) is 27.5. The number of nitrogens with one attached hydrogen (secondary N) is 2. The Balaban J connectivity index is 1.87. The average Bonchev–Trinajstić information content (AvgIpc) is 2.48. The molecule has 0 unspecified atom stereocenters. The van der Waals surface area contributed by atoms with Crippen molar-refractivity contribution in [2.45, 2.75) is 17.4 Å². The highest BCUT2D eigenvalue weighted by Crippen LogP contribution is 2.37. The molecule has 4 nitrogen and oxygen atoms in total. The van der Waals surface area contributed by atoms with E-state index in [0.29, 0.717) is 5.02 Å². The molecule has 1 aliphatic rings. The number of rotatable bonds is 2. The molecule has 1 aromatic heterocycles. The van der Waals surface area contributed by atoms with E-state index in [1.54, 1.807) is 17.8 Å². The van der Waals surface area contributed by atoms with Crippen LogP contribution in [0.25, 0.3) is 0 Å². The zero-order valence-electron chi connectivity index (χ0n) is 11.1. The fourth-order valence-corrected chi connectivity index (χ4v) is 3.64. The summed E-state index contributed by atoms with van der Waals surface area (Å²) in [6, 6.07) is 8.73. The maximum Gasteiger partial charge on any atom is 0.260 e. The molecule has 0 fully saturated rings. The molecule has 3 rings (SSSR count). The Morgan fingerprint density at radius 1 is 1.38 bits per heavy atom. The Labute approximate surface area is 130 Å². The molecular weight excluding hydrogens is 308 g/mol. The van der Waals surface area contributed by atoms with Gasteiger partial charge < -0.3 is 10.3 Å². The number of amides is 1. The molecule has 2 N–H and O–H groups in total. The summed E-state index contributed by atoms with van der Waals surface area (Å²) in [5.41, 5.74) is 0.755. The molecule has 0 saturated carbocycles. The lowest BCUT2D eigenvalue weighted by molar-refractivity contribution is 0.0933. The molecule has 2 aromatic rings. The number of carbonyl (C=O) groups excluding carboxylic acids is 1. The standard InChI is InChI=1S/C15H13ClN2O2S/c16-9-3-4-13-11(8-9)12(5-7-21-13)18-15(20)10-2-1-6-17-14(10)19/h1-4,6,8,12H,5,7H2,(H,17,19)(H,18,20)/t12-/m0/s1. The van der Waals surface area contributed by atoms with Gasteiger partial charge in [-0.05, 0) is 42.3 Å². The molecule has 1 atom stereocenters. The first-order chi connectivity index (χ1) is 10.1. The van der Waals surface area contributed by atoms with Crippen LogP contribution in [0.3, 0.4) is 0 Å². The summed E-state index contributed by atoms with van der Waals surface area (Å²) >= 11 is 7.79. The van der Waals surface area contributed by atoms with Gasteiger partial charge in [0.05, 0.1) is 6.04 Å². The molecule has 108 valence electrons. The quantitative estimate of drug-likeness (QED) is 0.894. The van der Waals surface area contributed by atoms with Crippen molar-refractivity contribution in [3.63, 3.8) is 0 Å². The predicted octanol–water partition coefficient (Wildman–Crippen LogP) is 3.00. The van der Waals surface area contributed by atoms with Crippen molar-refractivity contribution >= 4 is 29.3 Å². The minimum atomic E-state index is -0.383. The molecule has 6 heteroatoms. The number of fused-ring (bicyclic) bond motifs is 1. The Hall–Kier alpha value is -1.72. The highest BCUT2D eigenvalue weighted by Gasteiger charge is 2.23. The number of aromatic nitrogens is 1. The van der Waals surface area contributed by atoms with Crippen LogP contribution in [0.1, 0.15) is 28.4 Å². The predicted molar refractivity (Wildman–Crippen MR) is 84.1 cm³/mol. The maximum atomic E-state index is 12.3. The molecule has 1 aromatic carbocycles. The number of aromatic amines is 1. The van der Waals surface area contributed by atoms with E-state index in [4.69, 9.17) is 11.6 Å². The number of hydrogen-bond donors (Lipinski definition) is 2. The molecule has 0 bridgehead atoms. The van der Waals surface area contributed by atoms with Gasteiger partial charge in [-0.1, -0.05) is 11.6 Å². The number of carbonyl (C=O) groups is 1. The van der Waals surface area contributed by atoms with Gasteiger partial charge in [0.15, 0.2) is 0 Å². The Bertz CT molecular complexity index is 744. The van der Waals surface area contributed by atoms with Crippen molar-refractivity contribution in [1.82, 2.24) is 10.3 Å². The van der Waals surface area contributed by atoms with Gasteiger partial charge in [-0.2, -0.15) is 0 Å². The third-order valence-corrected chi connectivity index (χ3v) is 4.74. The normalized spacial score (nSPS) is 17.1. The van der Waals surface area contributed by atoms with E-state index in [1.807, 2.05) is 18.2 Å². The molecule has 0 spiro atoms. The number of H-pyrrole nitrogens is 1. The number of thioether (sulfide) groups is 1. The summed E-state index contributed by atoms with van der Waals surface area (Å²) in [5.74, 6) is 0.560. The molecule has 1 amide bonds. The largest absolute Gasteiger partial charge is 0.345 e. The number of benzene rings is 1. The van der Waals surface area contributed by atoms with Crippen molar-refractivity contribution in [3.05, 3.63) is 63.0 Å². The fraction of sp³-hybridized carbons (Fsp3) is 0.200. The highest BCUT2D eigenvalue weighted by atomic mass is 35.5. The van der Waals surface area contributed by atoms with Gasteiger partial charge in [-0.25, -0.2) is 0 Å². The maximum absolute atomic E-state index is 12.3. The van der Waals surface area contributed by atoms with Crippen LogP contribution in [0.4, 0.5) is 0 Å². The van der Waals surface area contributed by atoms with Crippen LogP contribution >= 0.6 is 23.4 Å². The summed E-state index contributed by atoms with van der Waals surface area (Å²) in [5, 5.41) is 3.57. The van der Waals surface area contributed by atoms with E-state index in [2.05, 4.69) is 10.3 Å². The SMILES string of the molecule is O=C(N[C@H]1CCSc2ccc(Cl)cc21)c1ccc[nH]c1=O. The van der Waals surface area contributed by atoms with Crippen LogP contribution in [-0.2, 0) is 0 Å². The Morgan fingerprint density at radius 3 is 3.05 bits per heavy atom. The van der Waals surface area contributed by atoms with Gasteiger partial charge in [0.25, 0.3) is 11.5 Å². The summed E-state index contributed by atoms with van der Waals surface area (Å²) in [6.07, 6.45) is 2.32. The van der Waals surface area contributed by atoms with Crippen LogP contribution in [0.15, 0.2) is 46.2 Å². The molecule has 2 heterocycles. The molecule has 1 aliphatic heterocycles. The first-order valence-corrected chi connectivity index (χ1v) is 7.92. The van der Waals surface area contributed by atoms with Crippen LogP contribution in [-0.4, -0.2) is 16.6 Å². The zero-order chi connectivity index (χ0) is 14.8. The second-order valence-corrected chi connectivity index (χ2v) is 6.33. The van der Waals surface area contributed by atoms with Crippen molar-refractivity contribution in [2.24, 2.45) is 0 Å². The second-order valence-electron chi connectivity index (χ2n) is 4.76. The summed E-state index contributed by atoms with van der Waals surface area (Å²) in [6.45, 7) is 0. The van der Waals surface area contributed by atoms with Crippen molar-refractivity contribution in [1.29, 1.82) is 0 Å². The number of halogens is 1. The van der Waals surface area contributed by atoms with Gasteiger partial charge in [0, 0.05) is 21.9 Å². The topological polar surface area (TPSA) is 62.0 Å². The minimum Gasteiger partial charge on any atom is -0.345 e. The minimum absolute atomic E-state index is 0.118. The van der Waals surface area contributed by atoms with E-state index in [1.165, 1.54) is 12.3 Å².